The van der Waals surface area contributed by atoms with Crippen LogP contribution in [-0.4, -0.2) is 59.5 Å². The molecule has 1 aliphatic rings. The molecule has 1 saturated heterocycles. The molecule has 7 heteroatoms. The number of rotatable bonds is 8. The highest BCUT2D eigenvalue weighted by Crippen LogP contribution is 2.18. The zero-order valence-electron chi connectivity index (χ0n) is 20.5. The number of benzene rings is 2. The fourth-order valence-electron chi connectivity index (χ4n) is 4.22. The van der Waals surface area contributed by atoms with E-state index in [-0.39, 0.29) is 12.0 Å². The van der Waals surface area contributed by atoms with Crippen LogP contribution in [0.4, 0.5) is 4.79 Å². The fourth-order valence-corrected chi connectivity index (χ4v) is 4.22. The van der Waals surface area contributed by atoms with Gasteiger partial charge in [0.1, 0.15) is 5.76 Å². The molecular weight excluding hydrogens is 442 g/mol. The van der Waals surface area contributed by atoms with Crippen molar-refractivity contribution in [1.29, 1.82) is 0 Å². The Hall–Kier alpha value is -3.58. The molecule has 2 aromatic carbocycles. The summed E-state index contributed by atoms with van der Waals surface area (Å²) in [6, 6.07) is 22.5. The number of aryl methyl sites for hydroxylation is 1. The Morgan fingerprint density at radius 2 is 1.46 bits per heavy atom. The van der Waals surface area contributed by atoms with Gasteiger partial charge in [-0.2, -0.15) is 0 Å². The number of hydrogen-bond donors (Lipinski definition) is 0. The van der Waals surface area contributed by atoms with Crippen molar-refractivity contribution in [2.75, 3.05) is 32.8 Å². The van der Waals surface area contributed by atoms with E-state index in [4.69, 9.17) is 9.15 Å². The molecule has 2 amide bonds. The number of amides is 2. The first-order chi connectivity index (χ1) is 17.0. The first kappa shape index (κ1) is 24.5. The number of piperazine rings is 1. The predicted molar refractivity (Wildman–Crippen MR) is 134 cm³/mol. The van der Waals surface area contributed by atoms with Crippen LogP contribution in [-0.2, 0) is 24.4 Å². The lowest BCUT2D eigenvalue weighted by Gasteiger charge is -2.33. The maximum absolute atomic E-state index is 13.0. The Morgan fingerprint density at radius 1 is 0.829 bits per heavy atom. The highest BCUT2D eigenvalue weighted by Gasteiger charge is 2.27. The molecule has 184 valence electrons. The van der Waals surface area contributed by atoms with E-state index in [1.54, 1.807) is 22.8 Å². The minimum Gasteiger partial charge on any atom is -0.455 e. The summed E-state index contributed by atoms with van der Waals surface area (Å²) in [4.78, 5) is 30.6. The zero-order valence-corrected chi connectivity index (χ0v) is 20.5. The number of carbonyl (C=O) groups is 2. The molecule has 0 unspecified atom stereocenters. The van der Waals surface area contributed by atoms with E-state index in [9.17, 15) is 9.59 Å². The van der Waals surface area contributed by atoms with E-state index in [0.717, 1.165) is 18.8 Å². The summed E-state index contributed by atoms with van der Waals surface area (Å²) in [6.45, 7) is 8.19. The van der Waals surface area contributed by atoms with Crippen molar-refractivity contribution in [3.05, 3.63) is 94.9 Å². The number of carbonyl (C=O) groups excluding carboxylic acids is 2. The molecule has 0 saturated carbocycles. The van der Waals surface area contributed by atoms with Crippen molar-refractivity contribution < 1.29 is 18.7 Å². The average molecular weight is 476 g/mol. The molecule has 2 heterocycles. The van der Waals surface area contributed by atoms with Crippen molar-refractivity contribution in [2.24, 2.45) is 0 Å². The summed E-state index contributed by atoms with van der Waals surface area (Å²) in [5, 5.41) is 0. The van der Waals surface area contributed by atoms with Crippen LogP contribution < -0.4 is 0 Å². The van der Waals surface area contributed by atoms with Gasteiger partial charge in [-0.25, -0.2) is 4.79 Å². The molecule has 0 radical (unpaired) electrons. The summed E-state index contributed by atoms with van der Waals surface area (Å²) in [6.07, 6.45) is -0.327. The second kappa shape index (κ2) is 11.7. The fraction of sp³-hybridized carbons (Fsp3) is 0.357. The maximum atomic E-state index is 13.0. The van der Waals surface area contributed by atoms with Gasteiger partial charge in [-0.3, -0.25) is 9.69 Å². The second-order valence-electron chi connectivity index (χ2n) is 8.86. The van der Waals surface area contributed by atoms with Crippen LogP contribution in [0.15, 0.2) is 71.1 Å². The van der Waals surface area contributed by atoms with Gasteiger partial charge < -0.3 is 19.0 Å². The predicted octanol–water partition coefficient (Wildman–Crippen LogP) is 4.70. The van der Waals surface area contributed by atoms with Crippen LogP contribution in [0.25, 0.3) is 0 Å². The van der Waals surface area contributed by atoms with Crippen LogP contribution in [0, 0.1) is 6.92 Å². The van der Waals surface area contributed by atoms with Crippen molar-refractivity contribution >= 4 is 12.0 Å². The molecule has 3 aromatic rings. The summed E-state index contributed by atoms with van der Waals surface area (Å²) in [5.41, 5.74) is 3.69. The quantitative estimate of drug-likeness (QED) is 0.472. The lowest BCUT2D eigenvalue weighted by molar-refractivity contribution is 0.0543. The summed E-state index contributed by atoms with van der Waals surface area (Å²) in [7, 11) is 0. The molecule has 0 aliphatic carbocycles. The Kier molecular flexibility index (Phi) is 8.21. The number of ether oxygens (including phenoxy) is 1. The van der Waals surface area contributed by atoms with Crippen molar-refractivity contribution in [1.82, 2.24) is 14.7 Å². The summed E-state index contributed by atoms with van der Waals surface area (Å²) < 4.78 is 11.1. The highest BCUT2D eigenvalue weighted by molar-refractivity contribution is 5.91. The molecule has 7 nitrogen and oxygen atoms in total. The standard InChI is InChI=1S/C28H33N3O4/c1-3-34-28(33)31-17-15-30(16-18-31)27(32)26-14-13-25(35-26)21-29(19-23-7-5-4-6-8-23)20-24-11-9-22(2)10-12-24/h4-14H,3,15-21H2,1-2H3. The van der Waals surface area contributed by atoms with Gasteiger partial charge in [-0.15, -0.1) is 0 Å². The molecule has 0 atom stereocenters. The van der Waals surface area contributed by atoms with Crippen LogP contribution in [0.3, 0.4) is 0 Å². The molecule has 0 spiro atoms. The van der Waals surface area contributed by atoms with E-state index in [1.807, 2.05) is 24.3 Å². The molecule has 1 aromatic heterocycles. The third kappa shape index (κ3) is 6.73. The smallest absolute Gasteiger partial charge is 0.409 e. The number of nitrogens with zero attached hydrogens (tertiary/aromatic N) is 3. The molecule has 1 fully saturated rings. The van der Waals surface area contributed by atoms with E-state index in [0.29, 0.717) is 45.1 Å². The topological polar surface area (TPSA) is 66.2 Å². The number of hydrogen-bond acceptors (Lipinski definition) is 5. The SMILES string of the molecule is CCOC(=O)N1CCN(C(=O)c2ccc(CN(Cc3ccccc3)Cc3ccc(C)cc3)o2)CC1. The normalized spacial score (nSPS) is 13.8. The minimum absolute atomic E-state index is 0.145. The Labute approximate surface area is 206 Å². The van der Waals surface area contributed by atoms with Gasteiger partial charge >= 0.3 is 6.09 Å². The molecule has 35 heavy (non-hydrogen) atoms. The first-order valence-electron chi connectivity index (χ1n) is 12.1. The van der Waals surface area contributed by atoms with Gasteiger partial charge in [0.15, 0.2) is 5.76 Å². The lowest BCUT2D eigenvalue weighted by Crippen LogP contribution is -2.50. The van der Waals surface area contributed by atoms with Crippen molar-refractivity contribution in [3.8, 4) is 0 Å². The average Bonchev–Trinajstić information content (AvgIpc) is 3.34. The van der Waals surface area contributed by atoms with E-state index < -0.39 is 0 Å². The van der Waals surface area contributed by atoms with Gasteiger partial charge in [0, 0.05) is 39.3 Å². The van der Waals surface area contributed by atoms with Gasteiger partial charge in [-0.1, -0.05) is 60.2 Å². The third-order valence-corrected chi connectivity index (χ3v) is 6.12. The Balaban J connectivity index is 1.40. The molecular formula is C28H33N3O4. The zero-order chi connectivity index (χ0) is 24.6. The van der Waals surface area contributed by atoms with Crippen molar-refractivity contribution in [2.45, 2.75) is 33.5 Å². The van der Waals surface area contributed by atoms with Crippen LogP contribution in [0.2, 0.25) is 0 Å². The molecule has 1 aliphatic heterocycles. The molecule has 0 bridgehead atoms. The highest BCUT2D eigenvalue weighted by atomic mass is 16.6. The van der Waals surface area contributed by atoms with E-state index >= 15 is 0 Å². The minimum atomic E-state index is -0.327. The summed E-state index contributed by atoms with van der Waals surface area (Å²) in [5.74, 6) is 0.939. The monoisotopic (exact) mass is 475 g/mol. The Bertz CT molecular complexity index is 1100. The third-order valence-electron chi connectivity index (χ3n) is 6.12. The molecule has 4 rings (SSSR count). The van der Waals surface area contributed by atoms with Crippen molar-refractivity contribution in [3.63, 3.8) is 0 Å². The molecule has 0 N–H and O–H groups in total. The largest absolute Gasteiger partial charge is 0.455 e. The van der Waals surface area contributed by atoms with Gasteiger partial charge in [0.2, 0.25) is 0 Å². The van der Waals surface area contributed by atoms with Crippen LogP contribution in [0.1, 0.15) is 39.9 Å². The van der Waals surface area contributed by atoms with Crippen LogP contribution in [0.5, 0.6) is 0 Å². The van der Waals surface area contributed by atoms with Crippen LogP contribution >= 0.6 is 0 Å². The second-order valence-corrected chi connectivity index (χ2v) is 8.86. The van der Waals surface area contributed by atoms with E-state index in [1.165, 1.54) is 16.7 Å². The van der Waals surface area contributed by atoms with E-state index in [2.05, 4.69) is 48.2 Å². The van der Waals surface area contributed by atoms with Gasteiger partial charge in [0.25, 0.3) is 5.91 Å². The van der Waals surface area contributed by atoms with Gasteiger partial charge in [0.05, 0.1) is 13.2 Å². The Morgan fingerprint density at radius 3 is 2.11 bits per heavy atom. The lowest BCUT2D eigenvalue weighted by atomic mass is 10.1. The maximum Gasteiger partial charge on any atom is 0.409 e. The first-order valence-corrected chi connectivity index (χ1v) is 12.1. The van der Waals surface area contributed by atoms with Gasteiger partial charge in [-0.05, 0) is 37.1 Å². The number of furan rings is 1. The summed E-state index contributed by atoms with van der Waals surface area (Å²) >= 11 is 0.